The highest BCUT2D eigenvalue weighted by atomic mass is 32.2. The van der Waals surface area contributed by atoms with Crippen LogP contribution in [0.4, 0.5) is 11.6 Å². The van der Waals surface area contributed by atoms with Gasteiger partial charge in [-0.25, -0.2) is 17.7 Å². The van der Waals surface area contributed by atoms with E-state index in [2.05, 4.69) is 32.7 Å². The number of anilines is 2. The van der Waals surface area contributed by atoms with Gasteiger partial charge in [-0.05, 0) is 79.8 Å². The molecule has 3 aromatic rings. The van der Waals surface area contributed by atoms with E-state index in [1.54, 1.807) is 42.5 Å². The maximum absolute atomic E-state index is 12.6. The van der Waals surface area contributed by atoms with Crippen LogP contribution in [0.25, 0.3) is 6.08 Å². The number of nitrogens with zero attached hydrogens (tertiary/aromatic N) is 5. The number of aromatic nitrogens is 2. The van der Waals surface area contributed by atoms with Crippen LogP contribution in [0.5, 0.6) is 11.6 Å². The maximum atomic E-state index is 12.6. The summed E-state index contributed by atoms with van der Waals surface area (Å²) < 4.78 is 31.1. The summed E-state index contributed by atoms with van der Waals surface area (Å²) in [5.41, 5.74) is 3.63. The van der Waals surface area contributed by atoms with E-state index in [0.717, 1.165) is 11.1 Å². The van der Waals surface area contributed by atoms with Gasteiger partial charge >= 0.3 is 0 Å². The monoisotopic (exact) mass is 571 g/mol. The number of rotatable bonds is 9. The van der Waals surface area contributed by atoms with Gasteiger partial charge in [-0.1, -0.05) is 0 Å². The fourth-order valence-corrected chi connectivity index (χ4v) is 5.31. The normalized spacial score (nSPS) is 15.3. The Kier molecular flexibility index (Phi) is 8.97. The fraction of sp³-hybridized carbons (Fsp3) is 0.276. The molecule has 0 saturated carbocycles. The van der Waals surface area contributed by atoms with Crippen molar-refractivity contribution in [1.82, 2.24) is 19.6 Å². The van der Waals surface area contributed by atoms with Crippen molar-refractivity contribution in [3.63, 3.8) is 0 Å². The Morgan fingerprint density at radius 2 is 1.83 bits per heavy atom. The van der Waals surface area contributed by atoms with Crippen molar-refractivity contribution in [2.24, 2.45) is 5.92 Å². The van der Waals surface area contributed by atoms with Crippen LogP contribution in [-0.2, 0) is 14.8 Å². The second-order valence-corrected chi connectivity index (χ2v) is 11.8. The molecule has 1 fully saturated rings. The molecule has 1 aliphatic rings. The van der Waals surface area contributed by atoms with E-state index >= 15 is 0 Å². The zero-order valence-electron chi connectivity index (χ0n) is 22.9. The summed E-state index contributed by atoms with van der Waals surface area (Å²) in [4.78, 5) is 21.5. The standard InChI is InChI=1S/C29H29N7O4S/c1-19-12-23(15-31)13-20(2)27(19)40-28-24(17-33-29(35-28)34-25-7-4-21(14-30)5-8-25)6-9-26(37)32-16-22-10-11-36(18-22)41(3,38)39/h4-9,12-13,17,22H,10-11,16,18H2,1-3H3,(H,32,37)(H,33,34,35)/b9-6+. The maximum Gasteiger partial charge on any atom is 0.244 e. The lowest BCUT2D eigenvalue weighted by Gasteiger charge is -2.14. The molecule has 0 spiro atoms. The molecule has 11 nitrogen and oxygen atoms in total. The number of aryl methyl sites for hydroxylation is 2. The van der Waals surface area contributed by atoms with Crippen molar-refractivity contribution in [3.8, 4) is 23.8 Å². The first-order valence-corrected chi connectivity index (χ1v) is 14.6. The van der Waals surface area contributed by atoms with E-state index in [0.29, 0.717) is 54.2 Å². The number of carbonyl (C=O) groups excluding carboxylic acids is 1. The molecule has 210 valence electrons. The number of sulfonamides is 1. The molecule has 1 saturated heterocycles. The topological polar surface area (TPSA) is 161 Å². The van der Waals surface area contributed by atoms with E-state index in [-0.39, 0.29) is 23.7 Å². The highest BCUT2D eigenvalue weighted by Crippen LogP contribution is 2.32. The van der Waals surface area contributed by atoms with Crippen LogP contribution in [0.3, 0.4) is 0 Å². The fourth-order valence-electron chi connectivity index (χ4n) is 4.40. The van der Waals surface area contributed by atoms with Crippen LogP contribution >= 0.6 is 0 Å². The van der Waals surface area contributed by atoms with E-state index in [9.17, 15) is 18.5 Å². The summed E-state index contributed by atoms with van der Waals surface area (Å²) in [6, 6.07) is 14.4. The number of ether oxygens (including phenoxy) is 1. The number of hydrogen-bond donors (Lipinski definition) is 2. The number of carbonyl (C=O) groups is 1. The third kappa shape index (κ3) is 7.66. The zero-order chi connectivity index (χ0) is 29.6. The lowest BCUT2D eigenvalue weighted by molar-refractivity contribution is -0.116. The Hall–Kier alpha value is -4.78. The largest absolute Gasteiger partial charge is 0.438 e. The van der Waals surface area contributed by atoms with Gasteiger partial charge in [-0.2, -0.15) is 15.5 Å². The molecule has 0 aliphatic carbocycles. The van der Waals surface area contributed by atoms with Gasteiger partial charge in [0.15, 0.2) is 0 Å². The van der Waals surface area contributed by atoms with Gasteiger partial charge in [0.2, 0.25) is 27.8 Å². The Morgan fingerprint density at radius 3 is 2.44 bits per heavy atom. The molecule has 2 aromatic carbocycles. The molecule has 2 N–H and O–H groups in total. The number of benzene rings is 2. The lowest BCUT2D eigenvalue weighted by atomic mass is 10.1. The Balaban J connectivity index is 1.54. The van der Waals surface area contributed by atoms with Gasteiger partial charge in [-0.15, -0.1) is 0 Å². The minimum Gasteiger partial charge on any atom is -0.438 e. The van der Waals surface area contributed by atoms with Crippen LogP contribution in [-0.4, -0.2) is 54.5 Å². The van der Waals surface area contributed by atoms with E-state index in [4.69, 9.17) is 10.00 Å². The Morgan fingerprint density at radius 1 is 1.15 bits per heavy atom. The summed E-state index contributed by atoms with van der Waals surface area (Å²) in [6.07, 6.45) is 6.28. The molecule has 1 aliphatic heterocycles. The van der Waals surface area contributed by atoms with Crippen molar-refractivity contribution in [2.75, 3.05) is 31.2 Å². The molecule has 2 heterocycles. The highest BCUT2D eigenvalue weighted by molar-refractivity contribution is 7.88. The quantitative estimate of drug-likeness (QED) is 0.364. The lowest BCUT2D eigenvalue weighted by Crippen LogP contribution is -2.31. The molecular formula is C29H29N7O4S. The minimum atomic E-state index is -3.24. The molecule has 41 heavy (non-hydrogen) atoms. The molecule has 1 aromatic heterocycles. The number of nitrogens with one attached hydrogen (secondary N) is 2. The van der Waals surface area contributed by atoms with Gasteiger partial charge < -0.3 is 15.4 Å². The van der Waals surface area contributed by atoms with E-state index in [1.165, 1.54) is 22.8 Å². The molecular weight excluding hydrogens is 542 g/mol. The molecule has 1 amide bonds. The predicted molar refractivity (Wildman–Crippen MR) is 154 cm³/mol. The summed E-state index contributed by atoms with van der Waals surface area (Å²) in [6.45, 7) is 4.84. The number of nitriles is 2. The van der Waals surface area contributed by atoms with Gasteiger partial charge in [-0.3, -0.25) is 4.79 Å². The number of amides is 1. The smallest absolute Gasteiger partial charge is 0.244 e. The van der Waals surface area contributed by atoms with Crippen molar-refractivity contribution in [1.29, 1.82) is 10.5 Å². The Bertz CT molecular complexity index is 1650. The van der Waals surface area contributed by atoms with Gasteiger partial charge in [0.25, 0.3) is 0 Å². The van der Waals surface area contributed by atoms with Gasteiger partial charge in [0.1, 0.15) is 5.75 Å². The molecule has 0 bridgehead atoms. The summed E-state index contributed by atoms with van der Waals surface area (Å²) >= 11 is 0. The first-order valence-electron chi connectivity index (χ1n) is 12.8. The molecule has 0 radical (unpaired) electrons. The molecule has 1 atom stereocenters. The van der Waals surface area contributed by atoms with Gasteiger partial charge in [0.05, 0.1) is 35.1 Å². The third-order valence-corrected chi connectivity index (χ3v) is 7.81. The van der Waals surface area contributed by atoms with E-state index in [1.807, 2.05) is 13.8 Å². The first kappa shape index (κ1) is 29.2. The third-order valence-electron chi connectivity index (χ3n) is 6.54. The molecule has 12 heteroatoms. The highest BCUT2D eigenvalue weighted by Gasteiger charge is 2.28. The average molecular weight is 572 g/mol. The van der Waals surface area contributed by atoms with Crippen molar-refractivity contribution in [2.45, 2.75) is 20.3 Å². The first-order chi connectivity index (χ1) is 19.5. The number of hydrogen-bond acceptors (Lipinski definition) is 9. The van der Waals surface area contributed by atoms with Crippen molar-refractivity contribution in [3.05, 3.63) is 76.5 Å². The second-order valence-electron chi connectivity index (χ2n) is 9.78. The van der Waals surface area contributed by atoms with E-state index < -0.39 is 10.0 Å². The van der Waals surface area contributed by atoms with Crippen LogP contribution in [0.15, 0.2) is 48.7 Å². The van der Waals surface area contributed by atoms with Crippen LogP contribution in [0, 0.1) is 42.4 Å². The van der Waals surface area contributed by atoms with Gasteiger partial charge in [0, 0.05) is 37.6 Å². The zero-order valence-corrected chi connectivity index (χ0v) is 23.7. The van der Waals surface area contributed by atoms with Crippen molar-refractivity contribution >= 4 is 33.6 Å². The van der Waals surface area contributed by atoms with Crippen LogP contribution in [0.1, 0.15) is 34.2 Å². The molecule has 1 unspecified atom stereocenters. The SMILES string of the molecule is Cc1cc(C#N)cc(C)c1Oc1nc(Nc2ccc(C#N)cc2)ncc1/C=C/C(=O)NCC1CCN(S(C)(=O)=O)C1. The summed E-state index contributed by atoms with van der Waals surface area (Å²) in [5.74, 6) is 0.656. The van der Waals surface area contributed by atoms with Crippen molar-refractivity contribution < 1.29 is 17.9 Å². The minimum absolute atomic E-state index is 0.0409. The van der Waals surface area contributed by atoms with Crippen LogP contribution < -0.4 is 15.4 Å². The summed E-state index contributed by atoms with van der Waals surface area (Å²) in [5, 5.41) is 24.2. The summed E-state index contributed by atoms with van der Waals surface area (Å²) in [7, 11) is -3.24. The van der Waals surface area contributed by atoms with Crippen LogP contribution in [0.2, 0.25) is 0 Å². The second kappa shape index (κ2) is 12.6. The molecule has 4 rings (SSSR count). The Labute approximate surface area is 239 Å². The average Bonchev–Trinajstić information content (AvgIpc) is 3.44. The predicted octanol–water partition coefficient (Wildman–Crippen LogP) is 3.78.